The van der Waals surface area contributed by atoms with E-state index in [1.165, 1.54) is 19.3 Å². The molecule has 1 fully saturated rings. The smallest absolute Gasteiger partial charge is 0.0243 e. The largest absolute Gasteiger partial charge is 0.312 e. The van der Waals surface area contributed by atoms with Crippen LogP contribution < -0.4 is 5.32 Å². The Balaban J connectivity index is 2.39. The average Bonchev–Trinajstić information content (AvgIpc) is 2.99. The molecule has 0 radical (unpaired) electrons. The fourth-order valence-corrected chi connectivity index (χ4v) is 2.04. The summed E-state index contributed by atoms with van der Waals surface area (Å²) in [7, 11) is 2.27. The van der Waals surface area contributed by atoms with Crippen LogP contribution in [0.25, 0.3) is 0 Å². The fourth-order valence-electron chi connectivity index (χ4n) is 2.04. The summed E-state index contributed by atoms with van der Waals surface area (Å²) in [4.78, 5) is 2.54. The highest BCUT2D eigenvalue weighted by Crippen LogP contribution is 2.20. The van der Waals surface area contributed by atoms with Gasteiger partial charge in [-0.25, -0.2) is 0 Å². The highest BCUT2D eigenvalue weighted by atomic mass is 15.2. The fraction of sp³-hybridized carbons (Fsp3) is 1.00. The van der Waals surface area contributed by atoms with E-state index in [0.717, 1.165) is 18.5 Å². The number of likely N-dealkylation sites (N-methyl/N-ethyl adjacent to an activating group) is 1. The van der Waals surface area contributed by atoms with E-state index in [4.69, 9.17) is 0 Å². The molecule has 2 atom stereocenters. The van der Waals surface area contributed by atoms with Crippen LogP contribution in [-0.4, -0.2) is 36.6 Å². The van der Waals surface area contributed by atoms with Gasteiger partial charge in [0.1, 0.15) is 0 Å². The van der Waals surface area contributed by atoms with Crippen molar-refractivity contribution < 1.29 is 0 Å². The molecule has 2 nitrogen and oxygen atoms in total. The first kappa shape index (κ1) is 13.0. The van der Waals surface area contributed by atoms with Gasteiger partial charge in [-0.05, 0) is 39.2 Å². The molecular formula is C13H28N2. The Bertz CT molecular complexity index is 175. The van der Waals surface area contributed by atoms with Gasteiger partial charge in [-0.3, -0.25) is 4.90 Å². The lowest BCUT2D eigenvalue weighted by Gasteiger charge is -2.35. The second-order valence-electron chi connectivity index (χ2n) is 5.42. The maximum absolute atomic E-state index is 3.66. The summed E-state index contributed by atoms with van der Waals surface area (Å²) in [6.07, 6.45) is 4.01. The molecule has 15 heavy (non-hydrogen) atoms. The number of hydrogen-bond donors (Lipinski definition) is 1. The van der Waals surface area contributed by atoms with Gasteiger partial charge in [0.2, 0.25) is 0 Å². The van der Waals surface area contributed by atoms with E-state index < -0.39 is 0 Å². The predicted molar refractivity (Wildman–Crippen MR) is 67.2 cm³/mol. The van der Waals surface area contributed by atoms with Gasteiger partial charge in [-0.15, -0.1) is 0 Å². The third-order valence-electron chi connectivity index (χ3n) is 3.77. The zero-order chi connectivity index (χ0) is 11.4. The first-order valence-corrected chi connectivity index (χ1v) is 6.51. The summed E-state index contributed by atoms with van der Waals surface area (Å²) in [6.45, 7) is 10.4. The van der Waals surface area contributed by atoms with Crippen molar-refractivity contribution in [1.29, 1.82) is 0 Å². The summed E-state index contributed by atoms with van der Waals surface area (Å²) in [5.74, 6) is 0.732. The molecule has 2 heteroatoms. The molecule has 2 unspecified atom stereocenters. The summed E-state index contributed by atoms with van der Waals surface area (Å²) >= 11 is 0. The van der Waals surface area contributed by atoms with Gasteiger partial charge in [-0.2, -0.15) is 0 Å². The van der Waals surface area contributed by atoms with Crippen molar-refractivity contribution in [3.05, 3.63) is 0 Å². The topological polar surface area (TPSA) is 15.3 Å². The maximum atomic E-state index is 3.66. The third-order valence-corrected chi connectivity index (χ3v) is 3.77. The predicted octanol–water partition coefficient (Wildman–Crippen LogP) is 2.49. The van der Waals surface area contributed by atoms with Gasteiger partial charge in [0.25, 0.3) is 0 Å². The van der Waals surface area contributed by atoms with E-state index >= 15 is 0 Å². The SMILES string of the molecule is CCC(C)N(C)C(CNC1CC1)C(C)C. The Kier molecular flexibility index (Phi) is 5.07. The molecular weight excluding hydrogens is 184 g/mol. The van der Waals surface area contributed by atoms with Crippen molar-refractivity contribution in [3.8, 4) is 0 Å². The molecule has 90 valence electrons. The molecule has 0 spiro atoms. The van der Waals surface area contributed by atoms with Gasteiger partial charge in [0.05, 0.1) is 0 Å². The second-order valence-corrected chi connectivity index (χ2v) is 5.42. The summed E-state index contributed by atoms with van der Waals surface area (Å²) in [5.41, 5.74) is 0. The standard InChI is InChI=1S/C13H28N2/c1-6-11(4)15(5)13(10(2)3)9-14-12-7-8-12/h10-14H,6-9H2,1-5H3. The lowest BCUT2D eigenvalue weighted by Crippen LogP contribution is -2.47. The van der Waals surface area contributed by atoms with Crippen LogP contribution in [0, 0.1) is 5.92 Å². The molecule has 0 amide bonds. The molecule has 0 heterocycles. The molecule has 1 rings (SSSR count). The number of rotatable bonds is 7. The zero-order valence-corrected chi connectivity index (χ0v) is 11.1. The Morgan fingerprint density at radius 3 is 2.27 bits per heavy atom. The molecule has 0 aliphatic heterocycles. The van der Waals surface area contributed by atoms with E-state index in [9.17, 15) is 0 Å². The highest BCUT2D eigenvalue weighted by molar-refractivity contribution is 4.85. The average molecular weight is 212 g/mol. The summed E-state index contributed by atoms with van der Waals surface area (Å²) < 4.78 is 0. The number of nitrogens with one attached hydrogen (secondary N) is 1. The second kappa shape index (κ2) is 5.86. The van der Waals surface area contributed by atoms with Crippen LogP contribution in [0.2, 0.25) is 0 Å². The first-order valence-electron chi connectivity index (χ1n) is 6.51. The van der Waals surface area contributed by atoms with Crippen molar-refractivity contribution in [2.24, 2.45) is 5.92 Å². The minimum Gasteiger partial charge on any atom is -0.312 e. The Morgan fingerprint density at radius 2 is 1.87 bits per heavy atom. The minimum atomic E-state index is 0.681. The van der Waals surface area contributed by atoms with Gasteiger partial charge >= 0.3 is 0 Å². The molecule has 1 aliphatic rings. The maximum Gasteiger partial charge on any atom is 0.0243 e. The molecule has 0 bridgehead atoms. The van der Waals surface area contributed by atoms with Crippen LogP contribution in [0.15, 0.2) is 0 Å². The molecule has 0 saturated heterocycles. The van der Waals surface area contributed by atoms with Crippen molar-refractivity contribution in [2.45, 2.75) is 65.1 Å². The van der Waals surface area contributed by atoms with Gasteiger partial charge in [-0.1, -0.05) is 20.8 Å². The van der Waals surface area contributed by atoms with E-state index in [2.05, 4.69) is 45.0 Å². The lowest BCUT2D eigenvalue weighted by molar-refractivity contribution is 0.138. The molecule has 1 N–H and O–H groups in total. The summed E-state index contributed by atoms with van der Waals surface area (Å²) in [5, 5.41) is 3.66. The Morgan fingerprint density at radius 1 is 1.27 bits per heavy atom. The van der Waals surface area contributed by atoms with Crippen LogP contribution in [0.3, 0.4) is 0 Å². The van der Waals surface area contributed by atoms with E-state index in [-0.39, 0.29) is 0 Å². The van der Waals surface area contributed by atoms with Crippen LogP contribution in [0.5, 0.6) is 0 Å². The van der Waals surface area contributed by atoms with E-state index in [1.54, 1.807) is 0 Å². The molecule has 0 aromatic heterocycles. The van der Waals surface area contributed by atoms with Crippen LogP contribution in [0.4, 0.5) is 0 Å². The van der Waals surface area contributed by atoms with Crippen molar-refractivity contribution in [2.75, 3.05) is 13.6 Å². The normalized spacial score (nSPS) is 21.0. The van der Waals surface area contributed by atoms with Crippen molar-refractivity contribution in [1.82, 2.24) is 10.2 Å². The quantitative estimate of drug-likeness (QED) is 0.697. The van der Waals surface area contributed by atoms with E-state index in [1.807, 2.05) is 0 Å². The lowest BCUT2D eigenvalue weighted by atomic mass is 10.0. The van der Waals surface area contributed by atoms with Gasteiger partial charge in [0, 0.05) is 24.7 Å². The zero-order valence-electron chi connectivity index (χ0n) is 11.1. The number of nitrogens with zero attached hydrogens (tertiary/aromatic N) is 1. The minimum absolute atomic E-state index is 0.681. The van der Waals surface area contributed by atoms with Gasteiger partial charge in [0.15, 0.2) is 0 Å². The van der Waals surface area contributed by atoms with E-state index in [0.29, 0.717) is 12.1 Å². The highest BCUT2D eigenvalue weighted by Gasteiger charge is 2.26. The first-order chi connectivity index (χ1) is 7.06. The summed E-state index contributed by atoms with van der Waals surface area (Å²) in [6, 6.07) is 2.20. The van der Waals surface area contributed by atoms with Crippen LogP contribution in [0.1, 0.15) is 47.0 Å². The number of hydrogen-bond acceptors (Lipinski definition) is 2. The molecule has 0 aromatic carbocycles. The molecule has 1 aliphatic carbocycles. The molecule has 1 saturated carbocycles. The van der Waals surface area contributed by atoms with Crippen molar-refractivity contribution >= 4 is 0 Å². The van der Waals surface area contributed by atoms with Gasteiger partial charge < -0.3 is 5.32 Å². The van der Waals surface area contributed by atoms with Crippen LogP contribution >= 0.6 is 0 Å². The monoisotopic (exact) mass is 212 g/mol. The third kappa shape index (κ3) is 4.12. The van der Waals surface area contributed by atoms with Crippen LogP contribution in [-0.2, 0) is 0 Å². The Hall–Kier alpha value is -0.0800. The Labute approximate surface area is 95.4 Å². The molecule has 0 aromatic rings. The van der Waals surface area contributed by atoms with Crippen molar-refractivity contribution in [3.63, 3.8) is 0 Å².